The largest absolute Gasteiger partial charge is 0.401 e. The molecule has 0 heterocycles. The number of likely N-dealkylation sites (N-methyl/N-ethyl adjacent to an activating group) is 1. The average Bonchev–Trinajstić information content (AvgIpc) is 1.77. The molecule has 2 N–H and O–H groups in total. The van der Waals surface area contributed by atoms with Crippen LogP contribution in [0.1, 0.15) is 20.3 Å². The first kappa shape index (κ1) is 13.7. The van der Waals surface area contributed by atoms with E-state index in [4.69, 9.17) is 5.73 Å². The normalized spacial score (nSPS) is 15.2. The third-order valence-electron chi connectivity index (χ3n) is 1.77. The summed E-state index contributed by atoms with van der Waals surface area (Å²) in [4.78, 5) is 1.22. The van der Waals surface area contributed by atoms with Gasteiger partial charge in [0.2, 0.25) is 0 Å². The minimum Gasteiger partial charge on any atom is -0.327 e. The highest BCUT2D eigenvalue weighted by Gasteiger charge is 2.29. The number of nitrogens with zero attached hydrogens (tertiary/aromatic N) is 1. The fourth-order valence-corrected chi connectivity index (χ4v) is 1.45. The molecule has 14 heavy (non-hydrogen) atoms. The Balaban J connectivity index is 3.76. The summed E-state index contributed by atoms with van der Waals surface area (Å²) in [5.74, 6) is 0.421. The summed E-state index contributed by atoms with van der Waals surface area (Å²) in [5, 5.41) is 0. The van der Waals surface area contributed by atoms with E-state index in [0.29, 0.717) is 5.92 Å². The predicted octanol–water partition coefficient (Wildman–Crippen LogP) is 1.85. The van der Waals surface area contributed by atoms with Crippen molar-refractivity contribution >= 4 is 0 Å². The smallest absolute Gasteiger partial charge is 0.327 e. The lowest BCUT2D eigenvalue weighted by Gasteiger charge is -2.23. The van der Waals surface area contributed by atoms with Crippen LogP contribution in [0.5, 0.6) is 0 Å². The van der Waals surface area contributed by atoms with E-state index in [1.165, 1.54) is 11.9 Å². The lowest BCUT2D eigenvalue weighted by Crippen LogP contribution is -2.40. The van der Waals surface area contributed by atoms with E-state index in [2.05, 4.69) is 0 Å². The number of halogens is 3. The zero-order chi connectivity index (χ0) is 11.4. The quantitative estimate of drug-likeness (QED) is 0.753. The van der Waals surface area contributed by atoms with E-state index >= 15 is 0 Å². The van der Waals surface area contributed by atoms with Crippen molar-refractivity contribution in [2.45, 2.75) is 32.5 Å². The molecule has 0 aromatic rings. The summed E-state index contributed by atoms with van der Waals surface area (Å²) in [6.45, 7) is 3.41. The average molecular weight is 212 g/mol. The van der Waals surface area contributed by atoms with Crippen molar-refractivity contribution in [1.82, 2.24) is 4.90 Å². The number of rotatable bonds is 5. The summed E-state index contributed by atoms with van der Waals surface area (Å²) < 4.78 is 35.8. The molecule has 5 heteroatoms. The van der Waals surface area contributed by atoms with Crippen LogP contribution < -0.4 is 5.73 Å². The molecular formula is C9H19F3N2. The second kappa shape index (κ2) is 5.56. The van der Waals surface area contributed by atoms with Gasteiger partial charge in [0.25, 0.3) is 0 Å². The Labute approximate surface area is 83.3 Å². The van der Waals surface area contributed by atoms with Gasteiger partial charge in [0.05, 0.1) is 6.54 Å². The molecule has 86 valence electrons. The van der Waals surface area contributed by atoms with Crippen molar-refractivity contribution in [2.24, 2.45) is 11.7 Å². The van der Waals surface area contributed by atoms with Crippen LogP contribution in [0.25, 0.3) is 0 Å². The molecule has 0 rings (SSSR count). The molecule has 0 aromatic heterocycles. The maximum atomic E-state index is 11.9. The molecule has 2 nitrogen and oxygen atoms in total. The molecule has 0 aliphatic heterocycles. The Kier molecular flexibility index (Phi) is 5.44. The predicted molar refractivity (Wildman–Crippen MR) is 51.0 cm³/mol. The first-order chi connectivity index (χ1) is 6.20. The fraction of sp³-hybridized carbons (Fsp3) is 1.00. The summed E-state index contributed by atoms with van der Waals surface area (Å²) in [5.41, 5.74) is 5.69. The van der Waals surface area contributed by atoms with Crippen molar-refractivity contribution in [3.05, 3.63) is 0 Å². The lowest BCUT2D eigenvalue weighted by atomic mass is 10.0. The van der Waals surface area contributed by atoms with Gasteiger partial charge in [0.1, 0.15) is 0 Å². The van der Waals surface area contributed by atoms with E-state index in [9.17, 15) is 13.2 Å². The van der Waals surface area contributed by atoms with E-state index in [0.717, 1.165) is 6.42 Å². The van der Waals surface area contributed by atoms with E-state index in [1.807, 2.05) is 13.8 Å². The second-order valence-corrected chi connectivity index (χ2v) is 4.20. The third kappa shape index (κ3) is 8.31. The summed E-state index contributed by atoms with van der Waals surface area (Å²) in [6, 6.07) is -0.178. The number of nitrogens with two attached hydrogens (primary N) is 1. The highest BCUT2D eigenvalue weighted by molar-refractivity contribution is 4.69. The number of alkyl halides is 3. The Morgan fingerprint density at radius 1 is 1.29 bits per heavy atom. The maximum Gasteiger partial charge on any atom is 0.401 e. The first-order valence-electron chi connectivity index (χ1n) is 4.71. The lowest BCUT2D eigenvalue weighted by molar-refractivity contribution is -0.143. The van der Waals surface area contributed by atoms with Gasteiger partial charge in [-0.1, -0.05) is 13.8 Å². The van der Waals surface area contributed by atoms with Gasteiger partial charge in [-0.2, -0.15) is 13.2 Å². The summed E-state index contributed by atoms with van der Waals surface area (Å²) in [7, 11) is 1.44. The van der Waals surface area contributed by atoms with Crippen LogP contribution in [0.3, 0.4) is 0 Å². The molecule has 0 aromatic carbocycles. The molecule has 0 spiro atoms. The van der Waals surface area contributed by atoms with Crippen LogP contribution in [-0.2, 0) is 0 Å². The second-order valence-electron chi connectivity index (χ2n) is 4.20. The van der Waals surface area contributed by atoms with Crippen LogP contribution in [-0.4, -0.2) is 37.3 Å². The van der Waals surface area contributed by atoms with Crippen molar-refractivity contribution < 1.29 is 13.2 Å². The monoisotopic (exact) mass is 212 g/mol. The Hall–Kier alpha value is -0.290. The minimum atomic E-state index is -4.13. The van der Waals surface area contributed by atoms with Gasteiger partial charge in [-0.15, -0.1) is 0 Å². The summed E-state index contributed by atoms with van der Waals surface area (Å²) >= 11 is 0. The van der Waals surface area contributed by atoms with Crippen molar-refractivity contribution in [2.75, 3.05) is 20.1 Å². The molecular weight excluding hydrogens is 193 g/mol. The highest BCUT2D eigenvalue weighted by atomic mass is 19.4. The van der Waals surface area contributed by atoms with Crippen molar-refractivity contribution in [3.63, 3.8) is 0 Å². The Morgan fingerprint density at radius 2 is 1.79 bits per heavy atom. The maximum absolute atomic E-state index is 11.9. The molecule has 0 saturated heterocycles. The van der Waals surface area contributed by atoms with Gasteiger partial charge in [-0.05, 0) is 19.4 Å². The van der Waals surface area contributed by atoms with E-state index in [-0.39, 0.29) is 12.6 Å². The van der Waals surface area contributed by atoms with E-state index < -0.39 is 12.7 Å². The van der Waals surface area contributed by atoms with Gasteiger partial charge in [0, 0.05) is 12.6 Å². The van der Waals surface area contributed by atoms with Gasteiger partial charge in [-0.25, -0.2) is 0 Å². The molecule has 0 amide bonds. The summed E-state index contributed by atoms with van der Waals surface area (Å²) in [6.07, 6.45) is -3.38. The van der Waals surface area contributed by atoms with Gasteiger partial charge < -0.3 is 5.73 Å². The zero-order valence-corrected chi connectivity index (χ0v) is 8.93. The van der Waals surface area contributed by atoms with Crippen LogP contribution >= 0.6 is 0 Å². The molecule has 0 radical (unpaired) electrons. The van der Waals surface area contributed by atoms with Gasteiger partial charge in [0.15, 0.2) is 0 Å². The standard InChI is InChI=1S/C9H19F3N2/c1-7(2)4-8(13)5-14(3)6-9(10,11)12/h7-8H,4-6,13H2,1-3H3. The third-order valence-corrected chi connectivity index (χ3v) is 1.77. The molecule has 0 fully saturated rings. The minimum absolute atomic E-state index is 0.178. The van der Waals surface area contributed by atoms with Gasteiger partial charge in [-0.3, -0.25) is 4.90 Å². The SMILES string of the molecule is CC(C)CC(N)CN(C)CC(F)(F)F. The Bertz CT molecular complexity index is 157. The van der Waals surface area contributed by atoms with Crippen LogP contribution in [0.2, 0.25) is 0 Å². The molecule has 1 unspecified atom stereocenters. The molecule has 1 atom stereocenters. The molecule has 0 aliphatic rings. The highest BCUT2D eigenvalue weighted by Crippen LogP contribution is 2.15. The molecule has 0 aliphatic carbocycles. The zero-order valence-electron chi connectivity index (χ0n) is 8.93. The van der Waals surface area contributed by atoms with E-state index in [1.54, 1.807) is 0 Å². The topological polar surface area (TPSA) is 29.3 Å². The van der Waals surface area contributed by atoms with Gasteiger partial charge >= 0.3 is 6.18 Å². The molecule has 0 saturated carbocycles. The number of hydrogen-bond donors (Lipinski definition) is 1. The van der Waals surface area contributed by atoms with Crippen LogP contribution in [0, 0.1) is 5.92 Å². The fourth-order valence-electron chi connectivity index (χ4n) is 1.45. The van der Waals surface area contributed by atoms with Crippen molar-refractivity contribution in [1.29, 1.82) is 0 Å². The number of hydrogen-bond acceptors (Lipinski definition) is 2. The van der Waals surface area contributed by atoms with Crippen molar-refractivity contribution in [3.8, 4) is 0 Å². The van der Waals surface area contributed by atoms with Crippen LogP contribution in [0.15, 0.2) is 0 Å². The Morgan fingerprint density at radius 3 is 2.14 bits per heavy atom. The first-order valence-corrected chi connectivity index (χ1v) is 4.71. The van der Waals surface area contributed by atoms with Crippen LogP contribution in [0.4, 0.5) is 13.2 Å². The molecule has 0 bridgehead atoms.